The van der Waals surface area contributed by atoms with E-state index >= 15 is 0 Å². The van der Waals surface area contributed by atoms with Crippen molar-refractivity contribution < 1.29 is 4.79 Å². The molecular formula is C26H24N2OS. The first-order valence-electron chi connectivity index (χ1n) is 10.0. The fourth-order valence-corrected chi connectivity index (χ4v) is 4.31. The molecular weight excluding hydrogens is 388 g/mol. The van der Waals surface area contributed by atoms with Crippen LogP contribution in [0.25, 0.3) is 0 Å². The molecule has 1 heterocycles. The Morgan fingerprint density at radius 1 is 0.800 bits per heavy atom. The molecule has 0 aliphatic rings. The van der Waals surface area contributed by atoms with Gasteiger partial charge in [0.15, 0.2) is 0 Å². The van der Waals surface area contributed by atoms with E-state index < -0.39 is 0 Å². The van der Waals surface area contributed by atoms with Crippen LogP contribution >= 0.6 is 11.3 Å². The topological polar surface area (TPSA) is 41.1 Å². The van der Waals surface area contributed by atoms with Gasteiger partial charge in [0.1, 0.15) is 0 Å². The summed E-state index contributed by atoms with van der Waals surface area (Å²) in [6, 6.07) is 32.6. The quantitative estimate of drug-likeness (QED) is 0.392. The molecule has 3 aromatic carbocycles. The molecule has 4 aromatic rings. The van der Waals surface area contributed by atoms with Crippen molar-refractivity contribution in [2.24, 2.45) is 0 Å². The van der Waals surface area contributed by atoms with Gasteiger partial charge in [0, 0.05) is 10.6 Å². The minimum absolute atomic E-state index is 0.00323. The third kappa shape index (κ3) is 5.23. The lowest BCUT2D eigenvalue weighted by molar-refractivity contribution is -0.115. The molecule has 4 heteroatoms. The number of amides is 1. The number of benzene rings is 3. The molecule has 150 valence electrons. The van der Waals surface area contributed by atoms with E-state index in [-0.39, 0.29) is 18.5 Å². The normalized spacial score (nSPS) is 11.7. The molecule has 1 aromatic heterocycles. The molecule has 3 nitrogen and oxygen atoms in total. The Morgan fingerprint density at radius 2 is 1.50 bits per heavy atom. The minimum atomic E-state index is -0.0481. The Bertz CT molecular complexity index is 1060. The van der Waals surface area contributed by atoms with Crippen molar-refractivity contribution in [2.45, 2.75) is 12.5 Å². The van der Waals surface area contributed by atoms with E-state index in [1.807, 2.05) is 60.7 Å². The van der Waals surface area contributed by atoms with Gasteiger partial charge < -0.3 is 5.32 Å². The Hall–Kier alpha value is -3.21. The molecule has 0 bridgehead atoms. The summed E-state index contributed by atoms with van der Waals surface area (Å²) in [6.45, 7) is 0.233. The van der Waals surface area contributed by atoms with Gasteiger partial charge in [-0.1, -0.05) is 84.9 Å². The number of hydrogen-bond acceptors (Lipinski definition) is 3. The monoisotopic (exact) mass is 412 g/mol. The Labute approximate surface area is 181 Å². The fraction of sp³-hybridized carbons (Fsp3) is 0.115. The molecule has 2 N–H and O–H groups in total. The molecule has 0 aliphatic carbocycles. The summed E-state index contributed by atoms with van der Waals surface area (Å²) in [5.41, 5.74) is 4.34. The van der Waals surface area contributed by atoms with Crippen LogP contribution in [0.1, 0.15) is 27.6 Å². The van der Waals surface area contributed by atoms with E-state index in [1.54, 1.807) is 11.3 Å². The average molecular weight is 413 g/mol. The highest BCUT2D eigenvalue weighted by Crippen LogP contribution is 2.26. The van der Waals surface area contributed by atoms with E-state index in [4.69, 9.17) is 0 Å². The van der Waals surface area contributed by atoms with Crippen molar-refractivity contribution in [3.8, 4) is 0 Å². The van der Waals surface area contributed by atoms with Crippen LogP contribution in [0.4, 0.5) is 5.69 Å². The molecule has 0 saturated carbocycles. The van der Waals surface area contributed by atoms with E-state index in [9.17, 15) is 4.79 Å². The standard InChI is InChI=1S/C26H24N2OS/c29-25(19-27-26(24-16-9-17-30-24)21-12-5-2-6-13-21)28-23-15-8-7-14-22(23)18-20-10-3-1-4-11-20/h1-17,26-27H,18-19H2,(H,28,29)/t26-/m1/s1. The number of anilines is 1. The predicted octanol–water partition coefficient (Wildman–Crippen LogP) is 5.66. The number of thiophene rings is 1. The van der Waals surface area contributed by atoms with Crippen molar-refractivity contribution in [2.75, 3.05) is 11.9 Å². The van der Waals surface area contributed by atoms with Crippen molar-refractivity contribution in [3.63, 3.8) is 0 Å². The van der Waals surface area contributed by atoms with Crippen molar-refractivity contribution >= 4 is 22.9 Å². The van der Waals surface area contributed by atoms with Crippen LogP contribution in [0.2, 0.25) is 0 Å². The van der Waals surface area contributed by atoms with Gasteiger partial charge >= 0.3 is 0 Å². The summed E-state index contributed by atoms with van der Waals surface area (Å²) in [5, 5.41) is 8.57. The predicted molar refractivity (Wildman–Crippen MR) is 125 cm³/mol. The summed E-state index contributed by atoms with van der Waals surface area (Å²) in [5.74, 6) is -0.0481. The first kappa shape index (κ1) is 20.1. The molecule has 0 spiro atoms. The van der Waals surface area contributed by atoms with Crippen LogP contribution in [0.3, 0.4) is 0 Å². The summed E-state index contributed by atoms with van der Waals surface area (Å²) < 4.78 is 0. The van der Waals surface area contributed by atoms with Crippen LogP contribution < -0.4 is 10.6 Å². The summed E-state index contributed by atoms with van der Waals surface area (Å²) in [6.07, 6.45) is 0.784. The highest BCUT2D eigenvalue weighted by Gasteiger charge is 2.16. The minimum Gasteiger partial charge on any atom is -0.325 e. The molecule has 0 unspecified atom stereocenters. The van der Waals surface area contributed by atoms with E-state index in [2.05, 4.69) is 52.4 Å². The van der Waals surface area contributed by atoms with Gasteiger partial charge in [-0.2, -0.15) is 0 Å². The molecule has 0 fully saturated rings. The SMILES string of the molecule is O=C(CN[C@H](c1ccccc1)c1cccs1)Nc1ccccc1Cc1ccccc1. The summed E-state index contributed by atoms with van der Waals surface area (Å²) in [4.78, 5) is 13.9. The molecule has 1 amide bonds. The molecule has 0 radical (unpaired) electrons. The number of carbonyl (C=O) groups excluding carboxylic acids is 1. The van der Waals surface area contributed by atoms with Crippen LogP contribution in [0.15, 0.2) is 102 Å². The number of carbonyl (C=O) groups is 1. The Morgan fingerprint density at radius 3 is 2.23 bits per heavy atom. The smallest absolute Gasteiger partial charge is 0.238 e. The van der Waals surface area contributed by atoms with Crippen molar-refractivity contribution in [1.82, 2.24) is 5.32 Å². The van der Waals surface area contributed by atoms with Gasteiger partial charge in [0.25, 0.3) is 0 Å². The molecule has 4 rings (SSSR count). The van der Waals surface area contributed by atoms with Gasteiger partial charge in [0.2, 0.25) is 5.91 Å². The van der Waals surface area contributed by atoms with Gasteiger partial charge in [-0.05, 0) is 40.6 Å². The second kappa shape index (κ2) is 10.0. The highest BCUT2D eigenvalue weighted by molar-refractivity contribution is 7.10. The number of nitrogens with one attached hydrogen (secondary N) is 2. The number of rotatable bonds is 8. The van der Waals surface area contributed by atoms with E-state index in [0.717, 1.165) is 23.2 Å². The van der Waals surface area contributed by atoms with Gasteiger partial charge in [-0.3, -0.25) is 10.1 Å². The molecule has 1 atom stereocenters. The molecule has 0 saturated heterocycles. The second-order valence-electron chi connectivity index (χ2n) is 7.11. The number of para-hydroxylation sites is 1. The summed E-state index contributed by atoms with van der Waals surface area (Å²) >= 11 is 1.69. The maximum absolute atomic E-state index is 12.8. The maximum Gasteiger partial charge on any atom is 0.238 e. The van der Waals surface area contributed by atoms with Crippen LogP contribution in [-0.4, -0.2) is 12.5 Å². The van der Waals surface area contributed by atoms with Gasteiger partial charge in [-0.25, -0.2) is 0 Å². The Balaban J connectivity index is 1.43. The number of hydrogen-bond donors (Lipinski definition) is 2. The van der Waals surface area contributed by atoms with Crippen molar-refractivity contribution in [3.05, 3.63) is 124 Å². The van der Waals surface area contributed by atoms with Gasteiger partial charge in [-0.15, -0.1) is 11.3 Å². The largest absolute Gasteiger partial charge is 0.325 e. The fourth-order valence-electron chi connectivity index (χ4n) is 3.49. The van der Waals surface area contributed by atoms with Crippen LogP contribution in [-0.2, 0) is 11.2 Å². The van der Waals surface area contributed by atoms with Crippen LogP contribution in [0.5, 0.6) is 0 Å². The first-order valence-corrected chi connectivity index (χ1v) is 10.9. The zero-order valence-electron chi connectivity index (χ0n) is 16.6. The Kier molecular flexibility index (Phi) is 6.70. The van der Waals surface area contributed by atoms with E-state index in [0.29, 0.717) is 0 Å². The second-order valence-corrected chi connectivity index (χ2v) is 8.09. The molecule has 30 heavy (non-hydrogen) atoms. The van der Waals surface area contributed by atoms with Crippen LogP contribution in [0, 0.1) is 0 Å². The zero-order chi connectivity index (χ0) is 20.6. The average Bonchev–Trinajstić information content (AvgIpc) is 3.31. The lowest BCUT2D eigenvalue weighted by Crippen LogP contribution is -2.31. The van der Waals surface area contributed by atoms with Crippen molar-refractivity contribution in [1.29, 1.82) is 0 Å². The maximum atomic E-state index is 12.8. The third-order valence-electron chi connectivity index (χ3n) is 4.96. The third-order valence-corrected chi connectivity index (χ3v) is 5.89. The zero-order valence-corrected chi connectivity index (χ0v) is 17.4. The summed E-state index contributed by atoms with van der Waals surface area (Å²) in [7, 11) is 0. The lowest BCUT2D eigenvalue weighted by Gasteiger charge is -2.18. The molecule has 0 aliphatic heterocycles. The van der Waals surface area contributed by atoms with Gasteiger partial charge in [0.05, 0.1) is 12.6 Å². The first-order chi connectivity index (χ1) is 14.8. The van der Waals surface area contributed by atoms with E-state index in [1.165, 1.54) is 10.4 Å². The highest BCUT2D eigenvalue weighted by atomic mass is 32.1. The lowest BCUT2D eigenvalue weighted by atomic mass is 10.0.